The van der Waals surface area contributed by atoms with Gasteiger partial charge in [0, 0.05) is 6.54 Å². The van der Waals surface area contributed by atoms with Gasteiger partial charge >= 0.3 is 12.3 Å². The van der Waals surface area contributed by atoms with E-state index in [1.807, 2.05) is 0 Å². The van der Waals surface area contributed by atoms with Gasteiger partial charge in [0.05, 0.1) is 17.6 Å². The highest BCUT2D eigenvalue weighted by Crippen LogP contribution is 2.27. The Balaban J connectivity index is 2.34. The molecule has 30 heavy (non-hydrogen) atoms. The van der Waals surface area contributed by atoms with Gasteiger partial charge in [-0.05, 0) is 72.8 Å². The number of hydrogen-bond donors (Lipinski definition) is 0. The van der Waals surface area contributed by atoms with E-state index >= 15 is 0 Å². The van der Waals surface area contributed by atoms with Gasteiger partial charge in [0.2, 0.25) is 0 Å². The second kappa shape index (κ2) is 8.92. The molecule has 0 N–H and O–H groups in total. The lowest BCUT2D eigenvalue weighted by Crippen LogP contribution is -2.34. The molecule has 0 spiro atoms. The molecule has 0 aromatic heterocycles. The summed E-state index contributed by atoms with van der Waals surface area (Å²) in [6, 6.07) is 6.85. The van der Waals surface area contributed by atoms with Gasteiger partial charge in [0.25, 0.3) is 10.0 Å². The van der Waals surface area contributed by atoms with Crippen LogP contribution in [0, 0.1) is 13.8 Å². The number of alkyl halides is 3. The molecule has 0 fully saturated rings. The van der Waals surface area contributed by atoms with Crippen molar-refractivity contribution in [3.63, 3.8) is 0 Å². The van der Waals surface area contributed by atoms with Crippen molar-refractivity contribution in [2.75, 3.05) is 13.7 Å². The van der Waals surface area contributed by atoms with Gasteiger partial charge < -0.3 is 14.3 Å². The Bertz CT molecular complexity index is 1020. The van der Waals surface area contributed by atoms with E-state index < -0.39 is 28.1 Å². The molecule has 0 amide bonds. The van der Waals surface area contributed by atoms with Gasteiger partial charge in [-0.1, -0.05) is 0 Å². The fourth-order valence-electron chi connectivity index (χ4n) is 2.52. The monoisotopic (exact) mass is 447 g/mol. The summed E-state index contributed by atoms with van der Waals surface area (Å²) in [7, 11) is -3.01. The van der Waals surface area contributed by atoms with E-state index in [1.54, 1.807) is 13.8 Å². The third kappa shape index (κ3) is 5.42. The van der Waals surface area contributed by atoms with Crippen LogP contribution >= 0.6 is 0 Å². The van der Waals surface area contributed by atoms with E-state index in [-0.39, 0.29) is 22.8 Å². The van der Waals surface area contributed by atoms with Crippen molar-refractivity contribution in [1.29, 1.82) is 0 Å². The smallest absolute Gasteiger partial charge is 0.465 e. The van der Waals surface area contributed by atoms with Crippen molar-refractivity contribution < 1.29 is 40.7 Å². The first-order chi connectivity index (χ1) is 13.9. The number of carbonyl (C=O) groups excluding carboxylic acids is 1. The molecule has 0 unspecified atom stereocenters. The predicted octanol–water partition coefficient (Wildman–Crippen LogP) is 3.99. The standard InChI is InChI=1S/C19H20F3NO6S/c1-5-23(29-15-8-6-14(7-9-15)28-19(20,21)22)30(25,26)16-10-12(2)13(3)17(11-16)18(24)27-4/h6-11H,5H2,1-4H3. The van der Waals surface area contributed by atoms with Gasteiger partial charge in [-0.15, -0.1) is 13.2 Å². The van der Waals surface area contributed by atoms with E-state index in [0.717, 1.165) is 24.3 Å². The van der Waals surface area contributed by atoms with Crippen molar-refractivity contribution in [3.8, 4) is 11.5 Å². The van der Waals surface area contributed by atoms with Crippen LogP contribution in [0.25, 0.3) is 0 Å². The maximum Gasteiger partial charge on any atom is 0.573 e. The first kappa shape index (κ1) is 23.5. The molecule has 0 heterocycles. The number of ether oxygens (including phenoxy) is 2. The van der Waals surface area contributed by atoms with Gasteiger partial charge in [0.1, 0.15) is 11.5 Å². The van der Waals surface area contributed by atoms with Crippen LogP contribution in [-0.2, 0) is 14.8 Å². The minimum atomic E-state index is -4.85. The molecule has 0 radical (unpaired) electrons. The van der Waals surface area contributed by atoms with E-state index in [4.69, 9.17) is 9.57 Å². The summed E-state index contributed by atoms with van der Waals surface area (Å²) in [6.45, 7) is 4.72. The number of methoxy groups -OCH3 is 1. The molecular formula is C19H20F3NO6S. The predicted molar refractivity (Wildman–Crippen MR) is 101 cm³/mol. The number of rotatable bonds is 7. The lowest BCUT2D eigenvalue weighted by atomic mass is 10.0. The number of carbonyl (C=O) groups is 1. The van der Waals surface area contributed by atoms with Crippen LogP contribution in [0.4, 0.5) is 13.2 Å². The summed E-state index contributed by atoms with van der Waals surface area (Å²) in [4.78, 5) is 17.1. The highest BCUT2D eigenvalue weighted by molar-refractivity contribution is 7.89. The summed E-state index contributed by atoms with van der Waals surface area (Å²) in [5.74, 6) is -1.18. The maximum absolute atomic E-state index is 13.0. The van der Waals surface area contributed by atoms with Crippen LogP contribution in [0.15, 0.2) is 41.3 Å². The fraction of sp³-hybridized carbons (Fsp3) is 0.316. The van der Waals surface area contributed by atoms with E-state index in [0.29, 0.717) is 15.6 Å². The van der Waals surface area contributed by atoms with Crippen LogP contribution in [0.2, 0.25) is 0 Å². The van der Waals surface area contributed by atoms with Gasteiger partial charge in [-0.2, -0.15) is 0 Å². The summed E-state index contributed by atoms with van der Waals surface area (Å²) in [6.07, 6.45) is -4.85. The lowest BCUT2D eigenvalue weighted by molar-refractivity contribution is -0.274. The summed E-state index contributed by atoms with van der Waals surface area (Å²) >= 11 is 0. The summed E-state index contributed by atoms with van der Waals surface area (Å²) in [5.41, 5.74) is 1.23. The molecule has 0 aliphatic rings. The van der Waals surface area contributed by atoms with Crippen LogP contribution in [0.1, 0.15) is 28.4 Å². The minimum Gasteiger partial charge on any atom is -0.465 e. The summed E-state index contributed by atoms with van der Waals surface area (Å²) < 4.78 is 71.9. The Labute approximate surface area is 172 Å². The Kier molecular flexibility index (Phi) is 6.99. The van der Waals surface area contributed by atoms with Crippen LogP contribution in [-0.4, -0.2) is 38.9 Å². The van der Waals surface area contributed by atoms with Crippen molar-refractivity contribution in [3.05, 3.63) is 53.1 Å². The zero-order valence-corrected chi connectivity index (χ0v) is 17.4. The fourth-order valence-corrected chi connectivity index (χ4v) is 3.87. The summed E-state index contributed by atoms with van der Waals surface area (Å²) in [5, 5.41) is 0. The van der Waals surface area contributed by atoms with E-state index in [1.165, 1.54) is 26.2 Å². The van der Waals surface area contributed by atoms with Gasteiger partial charge in [0.15, 0.2) is 0 Å². The van der Waals surface area contributed by atoms with Crippen molar-refractivity contribution >= 4 is 16.0 Å². The third-order valence-electron chi connectivity index (χ3n) is 4.13. The SMILES string of the molecule is CCN(Oc1ccc(OC(F)(F)F)cc1)S(=O)(=O)c1cc(C)c(C)c(C(=O)OC)c1. The Morgan fingerprint density at radius 2 is 1.63 bits per heavy atom. The zero-order chi connectivity index (χ0) is 22.7. The highest BCUT2D eigenvalue weighted by Gasteiger charge is 2.31. The number of hydrogen-bond acceptors (Lipinski definition) is 6. The normalized spacial score (nSPS) is 12.0. The molecule has 0 aliphatic heterocycles. The third-order valence-corrected chi connectivity index (χ3v) is 5.84. The number of halogens is 3. The second-order valence-electron chi connectivity index (χ2n) is 6.14. The molecule has 2 aromatic rings. The highest BCUT2D eigenvalue weighted by atomic mass is 32.2. The van der Waals surface area contributed by atoms with E-state index in [9.17, 15) is 26.4 Å². The van der Waals surface area contributed by atoms with Gasteiger partial charge in [-0.25, -0.2) is 13.2 Å². The average Bonchev–Trinajstić information content (AvgIpc) is 2.67. The van der Waals surface area contributed by atoms with Crippen LogP contribution in [0.3, 0.4) is 0 Å². The number of esters is 1. The molecule has 164 valence electrons. The molecule has 11 heteroatoms. The number of hydroxylamine groups is 1. The van der Waals surface area contributed by atoms with Crippen LogP contribution in [0.5, 0.6) is 11.5 Å². The van der Waals surface area contributed by atoms with Crippen molar-refractivity contribution in [2.45, 2.75) is 32.0 Å². The molecule has 0 atom stereocenters. The maximum atomic E-state index is 13.0. The number of aryl methyl sites for hydroxylation is 1. The lowest BCUT2D eigenvalue weighted by Gasteiger charge is -2.22. The largest absolute Gasteiger partial charge is 0.573 e. The quantitative estimate of drug-likeness (QED) is 0.472. The molecular weight excluding hydrogens is 427 g/mol. The molecule has 0 aliphatic carbocycles. The Morgan fingerprint density at radius 1 is 1.07 bits per heavy atom. The minimum absolute atomic E-state index is 0.0213. The number of nitrogens with zero attached hydrogens (tertiary/aromatic N) is 1. The van der Waals surface area contributed by atoms with E-state index in [2.05, 4.69) is 4.74 Å². The van der Waals surface area contributed by atoms with Crippen molar-refractivity contribution in [2.24, 2.45) is 0 Å². The first-order valence-corrected chi connectivity index (χ1v) is 10.1. The Morgan fingerprint density at radius 3 is 2.13 bits per heavy atom. The molecule has 0 saturated heterocycles. The molecule has 2 aromatic carbocycles. The molecule has 0 bridgehead atoms. The average molecular weight is 447 g/mol. The molecule has 7 nitrogen and oxygen atoms in total. The molecule has 2 rings (SSSR count). The second-order valence-corrected chi connectivity index (χ2v) is 7.97. The number of benzene rings is 2. The first-order valence-electron chi connectivity index (χ1n) is 8.65. The molecule has 0 saturated carbocycles. The topological polar surface area (TPSA) is 82.1 Å². The Hall–Kier alpha value is -2.79. The van der Waals surface area contributed by atoms with Gasteiger partial charge in [-0.3, -0.25) is 0 Å². The zero-order valence-electron chi connectivity index (χ0n) is 16.6. The van der Waals surface area contributed by atoms with Crippen molar-refractivity contribution in [1.82, 2.24) is 4.47 Å². The van der Waals surface area contributed by atoms with Crippen LogP contribution < -0.4 is 9.57 Å². The number of sulfonamides is 1.